The maximum absolute atomic E-state index is 12.9. The van der Waals surface area contributed by atoms with E-state index in [2.05, 4.69) is 4.74 Å². The molecule has 2 nitrogen and oxygen atoms in total. The smallest absolute Gasteiger partial charge is 0.456 e. The van der Waals surface area contributed by atoms with Crippen molar-refractivity contribution >= 4 is 28.6 Å². The van der Waals surface area contributed by atoms with E-state index < -0.39 is 30.6 Å². The third kappa shape index (κ3) is 3.58. The molecule has 0 heterocycles. The molecule has 0 saturated carbocycles. The second kappa shape index (κ2) is 5.97. The van der Waals surface area contributed by atoms with Crippen LogP contribution in [-0.2, 0) is 16.1 Å². The fraction of sp³-hybridized carbons (Fsp3) is 0.364. The van der Waals surface area contributed by atoms with Gasteiger partial charge in [0.15, 0.2) is 0 Å². The molecule has 0 spiro atoms. The van der Waals surface area contributed by atoms with Crippen LogP contribution in [0, 0.1) is 3.57 Å². The largest absolute Gasteiger partial charge is 0.460 e. The molecule has 0 fully saturated rings. The van der Waals surface area contributed by atoms with Gasteiger partial charge in [0.1, 0.15) is 6.61 Å². The average Bonchev–Trinajstić information content (AvgIpc) is 2.35. The van der Waals surface area contributed by atoms with E-state index in [-0.39, 0.29) is 5.56 Å². The van der Waals surface area contributed by atoms with E-state index in [0.717, 1.165) is 0 Å². The van der Waals surface area contributed by atoms with Gasteiger partial charge in [-0.3, -0.25) is 0 Å². The van der Waals surface area contributed by atoms with E-state index in [9.17, 15) is 35.5 Å². The predicted octanol–water partition coefficient (Wildman–Crippen LogP) is 4.17. The van der Waals surface area contributed by atoms with Crippen LogP contribution in [0.25, 0.3) is 0 Å². The first-order chi connectivity index (χ1) is 9.41. The number of benzene rings is 1. The van der Waals surface area contributed by atoms with Crippen molar-refractivity contribution in [2.24, 2.45) is 0 Å². The van der Waals surface area contributed by atoms with Crippen LogP contribution in [0.2, 0.25) is 0 Å². The molecule has 0 amide bonds. The summed E-state index contributed by atoms with van der Waals surface area (Å²) in [6.45, 7) is -0.846. The third-order valence-electron chi connectivity index (χ3n) is 2.32. The summed E-state index contributed by atoms with van der Waals surface area (Å²) in [5.41, 5.74) is 0.192. The SMILES string of the molecule is O=C(OCc1ccccc1I)C(F)(F)C(F)(F)C(F)(F)F. The van der Waals surface area contributed by atoms with Crippen LogP contribution < -0.4 is 0 Å². The van der Waals surface area contributed by atoms with E-state index >= 15 is 0 Å². The summed E-state index contributed by atoms with van der Waals surface area (Å²) >= 11 is 1.75. The highest BCUT2D eigenvalue weighted by atomic mass is 127. The Morgan fingerprint density at radius 3 is 2.05 bits per heavy atom. The van der Waals surface area contributed by atoms with Gasteiger partial charge in [-0.25, -0.2) is 4.79 Å². The minimum Gasteiger partial charge on any atom is -0.456 e. The van der Waals surface area contributed by atoms with Crippen LogP contribution in [0.3, 0.4) is 0 Å². The summed E-state index contributed by atoms with van der Waals surface area (Å²) in [6, 6.07) is 5.87. The Bertz CT molecular complexity index is 528. The highest BCUT2D eigenvalue weighted by Gasteiger charge is 2.77. The van der Waals surface area contributed by atoms with Crippen molar-refractivity contribution in [3.63, 3.8) is 0 Å². The van der Waals surface area contributed by atoms with Gasteiger partial charge in [-0.1, -0.05) is 18.2 Å². The Balaban J connectivity index is 2.86. The number of hydrogen-bond donors (Lipinski definition) is 0. The van der Waals surface area contributed by atoms with Gasteiger partial charge in [0.05, 0.1) is 0 Å². The number of halogens is 8. The maximum Gasteiger partial charge on any atom is 0.460 e. The first-order valence-corrected chi connectivity index (χ1v) is 6.22. The van der Waals surface area contributed by atoms with Crippen molar-refractivity contribution in [3.8, 4) is 0 Å². The van der Waals surface area contributed by atoms with Crippen molar-refractivity contribution in [2.75, 3.05) is 0 Å². The quantitative estimate of drug-likeness (QED) is 0.408. The lowest BCUT2D eigenvalue weighted by Gasteiger charge is -2.26. The Kier molecular flexibility index (Phi) is 5.11. The van der Waals surface area contributed by atoms with E-state index in [1.165, 1.54) is 18.2 Å². The first-order valence-electron chi connectivity index (χ1n) is 5.14. The molecule has 0 unspecified atom stereocenters. The van der Waals surface area contributed by atoms with E-state index in [0.29, 0.717) is 3.57 Å². The zero-order valence-corrected chi connectivity index (χ0v) is 12.0. The molecule has 0 saturated heterocycles. The molecule has 118 valence electrons. The molecule has 0 aliphatic heterocycles. The number of rotatable bonds is 4. The Labute approximate surface area is 127 Å². The van der Waals surface area contributed by atoms with Gasteiger partial charge in [-0.05, 0) is 28.7 Å². The molecule has 21 heavy (non-hydrogen) atoms. The molecule has 0 aliphatic rings. The molecule has 0 radical (unpaired) electrons. The zero-order valence-electron chi connectivity index (χ0n) is 9.86. The maximum atomic E-state index is 12.9. The van der Waals surface area contributed by atoms with Crippen molar-refractivity contribution in [3.05, 3.63) is 33.4 Å². The summed E-state index contributed by atoms with van der Waals surface area (Å²) in [5.74, 6) is -15.5. The number of carbonyl (C=O) groups is 1. The monoisotopic (exact) mass is 430 g/mol. The predicted molar refractivity (Wildman–Crippen MR) is 64.9 cm³/mol. The Morgan fingerprint density at radius 2 is 1.57 bits per heavy atom. The lowest BCUT2D eigenvalue weighted by Crippen LogP contribution is -2.56. The molecule has 0 aromatic heterocycles. The summed E-state index contributed by atoms with van der Waals surface area (Å²) in [7, 11) is 0. The highest BCUT2D eigenvalue weighted by Crippen LogP contribution is 2.47. The van der Waals surface area contributed by atoms with Gasteiger partial charge in [0.25, 0.3) is 0 Å². The summed E-state index contributed by atoms with van der Waals surface area (Å²) in [6.07, 6.45) is -6.57. The molecule has 0 N–H and O–H groups in total. The lowest BCUT2D eigenvalue weighted by molar-refractivity contribution is -0.348. The molecule has 0 atom stereocenters. The van der Waals surface area contributed by atoms with Crippen molar-refractivity contribution in [1.29, 1.82) is 0 Å². The number of hydrogen-bond acceptors (Lipinski definition) is 2. The molecular formula is C11H6F7IO2. The van der Waals surface area contributed by atoms with E-state index in [1.807, 2.05) is 0 Å². The van der Waals surface area contributed by atoms with Crippen LogP contribution in [0.1, 0.15) is 5.56 Å². The van der Waals surface area contributed by atoms with Crippen molar-refractivity contribution < 1.29 is 40.3 Å². The molecule has 1 aromatic rings. The van der Waals surface area contributed by atoms with E-state index in [1.54, 1.807) is 28.7 Å². The van der Waals surface area contributed by atoms with Gasteiger partial charge in [-0.15, -0.1) is 0 Å². The van der Waals surface area contributed by atoms with Crippen LogP contribution in [0.15, 0.2) is 24.3 Å². The first kappa shape index (κ1) is 18.0. The summed E-state index contributed by atoms with van der Waals surface area (Å²) < 4.78 is 91.1. The van der Waals surface area contributed by atoms with Gasteiger partial charge in [-0.2, -0.15) is 30.7 Å². The molecule has 0 bridgehead atoms. The van der Waals surface area contributed by atoms with Crippen LogP contribution >= 0.6 is 22.6 Å². The van der Waals surface area contributed by atoms with Crippen molar-refractivity contribution in [2.45, 2.75) is 24.6 Å². The number of carbonyl (C=O) groups excluding carboxylic acids is 1. The molecule has 1 aromatic carbocycles. The number of esters is 1. The topological polar surface area (TPSA) is 26.3 Å². The zero-order chi connectivity index (χ0) is 16.5. The second-order valence-corrected chi connectivity index (χ2v) is 4.98. The molecular weight excluding hydrogens is 424 g/mol. The van der Waals surface area contributed by atoms with Gasteiger partial charge >= 0.3 is 24.0 Å². The standard InChI is InChI=1S/C11H6F7IO2/c12-9(13,10(14,15)11(16,17)18)8(20)21-5-6-3-1-2-4-7(6)19/h1-4H,5H2. The van der Waals surface area contributed by atoms with Gasteiger partial charge in [0.2, 0.25) is 0 Å². The van der Waals surface area contributed by atoms with Crippen LogP contribution in [-0.4, -0.2) is 24.0 Å². The molecule has 1 rings (SSSR count). The Hall–Kier alpha value is -1.07. The minimum absolute atomic E-state index is 0.192. The second-order valence-electron chi connectivity index (χ2n) is 3.81. The summed E-state index contributed by atoms with van der Waals surface area (Å²) in [5, 5.41) is 0. The lowest BCUT2D eigenvalue weighted by atomic mass is 10.1. The van der Waals surface area contributed by atoms with Crippen LogP contribution in [0.4, 0.5) is 30.7 Å². The van der Waals surface area contributed by atoms with Crippen molar-refractivity contribution in [1.82, 2.24) is 0 Å². The van der Waals surface area contributed by atoms with E-state index in [4.69, 9.17) is 0 Å². The third-order valence-corrected chi connectivity index (χ3v) is 3.38. The fourth-order valence-corrected chi connectivity index (χ4v) is 1.70. The van der Waals surface area contributed by atoms with Gasteiger partial charge < -0.3 is 4.74 Å². The molecule has 10 heteroatoms. The average molecular weight is 430 g/mol. The minimum atomic E-state index is -6.57. The van der Waals surface area contributed by atoms with Gasteiger partial charge in [0, 0.05) is 9.13 Å². The summed E-state index contributed by atoms with van der Waals surface area (Å²) in [4.78, 5) is 10.9. The van der Waals surface area contributed by atoms with Crippen LogP contribution in [0.5, 0.6) is 0 Å². The fourth-order valence-electron chi connectivity index (χ4n) is 1.16. The highest BCUT2D eigenvalue weighted by molar-refractivity contribution is 14.1. The number of alkyl halides is 7. The number of ether oxygens (including phenoxy) is 1. The Morgan fingerprint density at radius 1 is 1.05 bits per heavy atom. The molecule has 0 aliphatic carbocycles. The normalized spacial score (nSPS) is 13.1.